The number of hydrogen-bond acceptors (Lipinski definition) is 18. The second-order valence-electron chi connectivity index (χ2n) is 18.8. The topological polar surface area (TPSA) is 438 Å². The monoisotopic (exact) mass is 1110 g/mol. The van der Waals surface area contributed by atoms with Crippen LogP contribution in [0.25, 0.3) is 0 Å². The van der Waals surface area contributed by atoms with Gasteiger partial charge in [-0.05, 0) is 58.5 Å². The standard InChI is InChI=1S/C49H87N13O16/c1-51-35(19-15-17-23-50)46(72)56-37(29-43(66)67)47(73)57-38(30-54-41(64)31-62(32-44(68)69)33-45(70)71)48(74)55-36(49(75)76)20-16-18-24-52-42(65)34-78-28-27-77-26-25-53-40(63)22-14-12-10-8-6-4-2-3-5-7-9-11-13-21-39-58-60-61-59-39/h35-38,51H,2-34,50H2,1H3,(H,52,65)(H,53,63)(H,54,64)(H,55,74)(H,56,72)(H,57,73)(H,66,67)(H,68,69)(H,70,71)(H,75,76)(H,58,59,60,61)/t35-,36-,37-,38-/m0/s1. The SMILES string of the molecule is CN[C@@H](CCCCN)C(=O)N[C@@H](CC(=O)O)C(=O)N[C@@H](CNC(=O)CN(CC(=O)O)CC(=O)O)C(=O)N[C@@H](CCCCNC(=O)COCCOCCNC(=O)CCCCCCCCCCCCCCCc1nn[nH]n1)C(=O)O. The third-order valence-corrected chi connectivity index (χ3v) is 12.1. The Labute approximate surface area is 455 Å². The third-order valence-electron chi connectivity index (χ3n) is 12.1. The molecular formula is C49H87N13O16. The number of unbranched alkanes of at least 4 members (excludes halogenated alkanes) is 14. The number of carbonyl (C=O) groups is 10. The third kappa shape index (κ3) is 37.4. The van der Waals surface area contributed by atoms with E-state index in [2.05, 4.69) is 57.8 Å². The van der Waals surface area contributed by atoms with E-state index in [4.69, 9.17) is 25.4 Å². The molecule has 0 aromatic carbocycles. The number of tetrazole rings is 1. The van der Waals surface area contributed by atoms with Gasteiger partial charge in [0.05, 0.1) is 51.9 Å². The average molecular weight is 1110 g/mol. The smallest absolute Gasteiger partial charge is 0.326 e. The predicted molar refractivity (Wildman–Crippen MR) is 280 cm³/mol. The summed E-state index contributed by atoms with van der Waals surface area (Å²) in [5.74, 6) is -9.63. The van der Waals surface area contributed by atoms with Gasteiger partial charge in [-0.1, -0.05) is 82.3 Å². The molecule has 14 N–H and O–H groups in total. The number of aromatic amines is 1. The van der Waals surface area contributed by atoms with Crippen LogP contribution in [-0.2, 0) is 63.8 Å². The number of aliphatic carboxylic acids is 4. The van der Waals surface area contributed by atoms with E-state index in [1.807, 2.05) is 0 Å². The van der Waals surface area contributed by atoms with Crippen molar-refractivity contribution in [2.45, 2.75) is 165 Å². The number of aromatic nitrogens is 4. The second-order valence-corrected chi connectivity index (χ2v) is 18.8. The molecule has 0 unspecified atom stereocenters. The van der Waals surface area contributed by atoms with Gasteiger partial charge in [0.25, 0.3) is 0 Å². The van der Waals surface area contributed by atoms with E-state index in [0.29, 0.717) is 32.4 Å². The molecule has 0 saturated carbocycles. The summed E-state index contributed by atoms with van der Waals surface area (Å²) in [6.45, 7) is -2.09. The molecule has 1 aromatic heterocycles. The van der Waals surface area contributed by atoms with Crippen molar-refractivity contribution in [3.63, 3.8) is 0 Å². The molecule has 0 bridgehead atoms. The fourth-order valence-corrected chi connectivity index (χ4v) is 7.88. The van der Waals surface area contributed by atoms with Crippen molar-refractivity contribution in [3.05, 3.63) is 5.82 Å². The number of ether oxygens (including phenoxy) is 2. The Bertz CT molecular complexity index is 1900. The zero-order valence-corrected chi connectivity index (χ0v) is 45.2. The number of rotatable bonds is 51. The van der Waals surface area contributed by atoms with Crippen molar-refractivity contribution in [2.75, 3.05) is 79.3 Å². The second kappa shape index (κ2) is 44.5. The number of nitrogens with two attached hydrogens (primary N) is 1. The van der Waals surface area contributed by atoms with Gasteiger partial charge in [0.1, 0.15) is 24.7 Å². The number of likely N-dealkylation sites (N-methyl/N-ethyl adjacent to an activating group) is 1. The van der Waals surface area contributed by atoms with E-state index in [-0.39, 0.29) is 64.6 Å². The number of aryl methyl sites for hydroxylation is 1. The minimum absolute atomic E-state index is 0.0256. The highest BCUT2D eigenvalue weighted by Gasteiger charge is 2.32. The molecule has 0 aliphatic rings. The molecule has 0 fully saturated rings. The van der Waals surface area contributed by atoms with Crippen LogP contribution >= 0.6 is 0 Å². The number of nitrogens with zero attached hydrogens (tertiary/aromatic N) is 4. The summed E-state index contributed by atoms with van der Waals surface area (Å²) in [6.07, 6.45) is 17.3. The first-order valence-electron chi connectivity index (χ1n) is 27.0. The number of carboxylic acid groups (broad SMARTS) is 4. The van der Waals surface area contributed by atoms with Gasteiger partial charge in [0, 0.05) is 32.5 Å². The first kappa shape index (κ1) is 69.6. The molecule has 29 nitrogen and oxygen atoms in total. The molecule has 0 aliphatic carbocycles. The summed E-state index contributed by atoms with van der Waals surface area (Å²) in [5.41, 5.74) is 5.53. The van der Waals surface area contributed by atoms with Crippen molar-refractivity contribution in [1.29, 1.82) is 0 Å². The maximum Gasteiger partial charge on any atom is 0.326 e. The Kier molecular flexibility index (Phi) is 39.7. The van der Waals surface area contributed by atoms with Crippen LogP contribution in [0.15, 0.2) is 0 Å². The molecule has 1 rings (SSSR count). The Morgan fingerprint density at radius 3 is 1.67 bits per heavy atom. The lowest BCUT2D eigenvalue weighted by molar-refractivity contribution is -0.143. The lowest BCUT2D eigenvalue weighted by Crippen LogP contribution is -2.60. The molecule has 78 heavy (non-hydrogen) atoms. The van der Waals surface area contributed by atoms with Gasteiger partial charge in [0.15, 0.2) is 5.82 Å². The van der Waals surface area contributed by atoms with Crippen molar-refractivity contribution in [1.82, 2.24) is 62.7 Å². The molecule has 29 heteroatoms. The normalized spacial score (nSPS) is 12.7. The molecule has 444 valence electrons. The molecule has 1 heterocycles. The Hall–Kier alpha value is -6.43. The maximum atomic E-state index is 13.6. The number of nitrogens with one attached hydrogen (secondary N) is 8. The van der Waals surface area contributed by atoms with Crippen LogP contribution in [0.5, 0.6) is 0 Å². The van der Waals surface area contributed by atoms with Crippen LogP contribution in [-0.4, -0.2) is 209 Å². The molecule has 1 aromatic rings. The van der Waals surface area contributed by atoms with Crippen molar-refractivity contribution < 1.29 is 77.8 Å². The lowest BCUT2D eigenvalue weighted by Gasteiger charge is -2.26. The summed E-state index contributed by atoms with van der Waals surface area (Å²) < 4.78 is 10.8. The van der Waals surface area contributed by atoms with Gasteiger partial charge in [-0.25, -0.2) is 4.79 Å². The molecule has 0 aliphatic heterocycles. The summed E-state index contributed by atoms with van der Waals surface area (Å²) in [4.78, 5) is 125. The van der Waals surface area contributed by atoms with Gasteiger partial charge in [0.2, 0.25) is 35.4 Å². The fraction of sp³-hybridized carbons (Fsp3) is 0.776. The summed E-state index contributed by atoms with van der Waals surface area (Å²) >= 11 is 0. The van der Waals surface area contributed by atoms with Gasteiger partial charge in [-0.3, -0.25) is 48.1 Å². The van der Waals surface area contributed by atoms with Crippen LogP contribution in [0.3, 0.4) is 0 Å². The average Bonchev–Trinajstić information content (AvgIpc) is 3.91. The van der Waals surface area contributed by atoms with E-state index in [9.17, 15) is 58.2 Å². The number of carboxylic acids is 4. The van der Waals surface area contributed by atoms with Crippen molar-refractivity contribution in [3.8, 4) is 0 Å². The zero-order chi connectivity index (χ0) is 57.8. The first-order valence-corrected chi connectivity index (χ1v) is 27.0. The first-order chi connectivity index (χ1) is 37.4. The highest BCUT2D eigenvalue weighted by Crippen LogP contribution is 2.14. The summed E-state index contributed by atoms with van der Waals surface area (Å²) in [5, 5.41) is 69.1. The minimum atomic E-state index is -1.80. The van der Waals surface area contributed by atoms with Crippen LogP contribution in [0.4, 0.5) is 0 Å². The van der Waals surface area contributed by atoms with Crippen LogP contribution < -0.4 is 43.0 Å². The largest absolute Gasteiger partial charge is 0.481 e. The highest BCUT2D eigenvalue weighted by atomic mass is 16.5. The number of carbonyl (C=O) groups excluding carboxylic acids is 6. The van der Waals surface area contributed by atoms with E-state index in [0.717, 1.165) is 42.8 Å². The highest BCUT2D eigenvalue weighted by molar-refractivity contribution is 5.96. The Morgan fingerprint density at radius 1 is 0.551 bits per heavy atom. The van der Waals surface area contributed by atoms with Crippen molar-refractivity contribution >= 4 is 59.3 Å². The number of H-pyrrole nitrogens is 1. The van der Waals surface area contributed by atoms with Crippen molar-refractivity contribution in [2.24, 2.45) is 5.73 Å². The molecule has 0 radical (unpaired) electrons. The van der Waals surface area contributed by atoms with Gasteiger partial charge >= 0.3 is 23.9 Å². The van der Waals surface area contributed by atoms with E-state index < -0.39 is 110 Å². The van der Waals surface area contributed by atoms with Gasteiger partial charge in [-0.2, -0.15) is 5.21 Å². The summed E-state index contributed by atoms with van der Waals surface area (Å²) in [7, 11) is 1.48. The fourth-order valence-electron chi connectivity index (χ4n) is 7.88. The van der Waals surface area contributed by atoms with E-state index in [1.165, 1.54) is 64.8 Å². The Morgan fingerprint density at radius 2 is 1.09 bits per heavy atom. The summed E-state index contributed by atoms with van der Waals surface area (Å²) in [6, 6.07) is -5.96. The lowest BCUT2D eigenvalue weighted by atomic mass is 10.0. The molecule has 0 saturated heterocycles. The molecular weight excluding hydrogens is 1030 g/mol. The van der Waals surface area contributed by atoms with Gasteiger partial charge < -0.3 is 72.9 Å². The molecule has 4 atom stereocenters. The molecule has 0 spiro atoms. The zero-order valence-electron chi connectivity index (χ0n) is 45.2. The quantitative estimate of drug-likeness (QED) is 0.0346. The van der Waals surface area contributed by atoms with E-state index >= 15 is 0 Å². The predicted octanol–water partition coefficient (Wildman–Crippen LogP) is -1.04. The van der Waals surface area contributed by atoms with Gasteiger partial charge in [-0.15, -0.1) is 10.2 Å². The number of hydrogen-bond donors (Lipinski definition) is 13. The Balaban J connectivity index is 2.45. The van der Waals surface area contributed by atoms with Crippen LogP contribution in [0.1, 0.15) is 141 Å². The van der Waals surface area contributed by atoms with Crippen LogP contribution in [0.2, 0.25) is 0 Å². The molecule has 6 amide bonds. The minimum Gasteiger partial charge on any atom is -0.481 e. The maximum absolute atomic E-state index is 13.6. The number of amides is 6. The van der Waals surface area contributed by atoms with Crippen LogP contribution in [0, 0.1) is 0 Å². The van der Waals surface area contributed by atoms with E-state index in [1.54, 1.807) is 0 Å².